The number of carbonyl (C=O) groups excluding carboxylic acids is 1. The van der Waals surface area contributed by atoms with E-state index in [-0.39, 0.29) is 18.0 Å². The molecule has 4 rings (SSSR count). The molecular formula is C25H29N3O2S. The lowest BCUT2D eigenvalue weighted by Gasteiger charge is -2.42. The summed E-state index contributed by atoms with van der Waals surface area (Å²) in [6.45, 7) is 5.79. The number of nitrogens with one attached hydrogen (secondary N) is 1. The van der Waals surface area contributed by atoms with Crippen LogP contribution in [0.1, 0.15) is 28.2 Å². The first-order chi connectivity index (χ1) is 15.2. The van der Waals surface area contributed by atoms with Gasteiger partial charge in [-0.2, -0.15) is 0 Å². The van der Waals surface area contributed by atoms with Crippen LogP contribution in [0.4, 0.5) is 5.69 Å². The van der Waals surface area contributed by atoms with Crippen molar-refractivity contribution in [1.29, 1.82) is 0 Å². The van der Waals surface area contributed by atoms with E-state index in [4.69, 9.17) is 4.74 Å². The van der Waals surface area contributed by atoms with E-state index >= 15 is 0 Å². The predicted octanol–water partition coefficient (Wildman–Crippen LogP) is 4.44. The van der Waals surface area contributed by atoms with Crippen LogP contribution in [-0.2, 0) is 0 Å². The molecular weight excluding hydrogens is 406 g/mol. The summed E-state index contributed by atoms with van der Waals surface area (Å²) in [7, 11) is 1.72. The standard InChI is InChI=1S/C25H29N3O2S/c1-19(26-25(29)20-9-4-3-5-10-20)24(23-13-8-18-31-23)28-16-14-27(15-17-28)21-11-6-7-12-22(21)30-2/h3-13,18-19,24H,14-17H2,1-2H3,(H,26,29)/t19-,24+/m0/s1. The molecule has 1 fully saturated rings. The molecule has 0 spiro atoms. The van der Waals surface area contributed by atoms with E-state index < -0.39 is 0 Å². The smallest absolute Gasteiger partial charge is 0.251 e. The van der Waals surface area contributed by atoms with Gasteiger partial charge in [0, 0.05) is 42.7 Å². The van der Waals surface area contributed by atoms with Gasteiger partial charge < -0.3 is 15.0 Å². The molecule has 1 amide bonds. The lowest BCUT2D eigenvalue weighted by molar-refractivity contribution is 0.0890. The van der Waals surface area contributed by atoms with Gasteiger partial charge in [0.2, 0.25) is 0 Å². The van der Waals surface area contributed by atoms with Gasteiger partial charge in [0.1, 0.15) is 5.75 Å². The number of amides is 1. The van der Waals surface area contributed by atoms with Crippen LogP contribution in [0.25, 0.3) is 0 Å². The molecule has 0 bridgehead atoms. The van der Waals surface area contributed by atoms with Crippen LogP contribution in [0.3, 0.4) is 0 Å². The lowest BCUT2D eigenvalue weighted by Crippen LogP contribution is -2.52. The predicted molar refractivity (Wildman–Crippen MR) is 127 cm³/mol. The third kappa shape index (κ3) is 4.92. The van der Waals surface area contributed by atoms with Crippen LogP contribution < -0.4 is 15.0 Å². The van der Waals surface area contributed by atoms with Gasteiger partial charge in [0.25, 0.3) is 5.91 Å². The van der Waals surface area contributed by atoms with E-state index in [2.05, 4.69) is 51.7 Å². The van der Waals surface area contributed by atoms with Crippen molar-refractivity contribution in [3.8, 4) is 5.75 Å². The zero-order chi connectivity index (χ0) is 21.6. The zero-order valence-corrected chi connectivity index (χ0v) is 18.8. The Morgan fingerprint density at radius 1 is 0.968 bits per heavy atom. The molecule has 31 heavy (non-hydrogen) atoms. The van der Waals surface area contributed by atoms with E-state index in [0.717, 1.165) is 37.6 Å². The minimum Gasteiger partial charge on any atom is -0.495 e. The molecule has 162 valence electrons. The fourth-order valence-electron chi connectivity index (χ4n) is 4.29. The number of ether oxygens (including phenoxy) is 1. The highest BCUT2D eigenvalue weighted by Crippen LogP contribution is 2.32. The fourth-order valence-corrected chi connectivity index (χ4v) is 5.26. The maximum atomic E-state index is 12.8. The molecule has 2 atom stereocenters. The highest BCUT2D eigenvalue weighted by atomic mass is 32.1. The van der Waals surface area contributed by atoms with Crippen LogP contribution in [0.5, 0.6) is 5.75 Å². The largest absolute Gasteiger partial charge is 0.495 e. The normalized spacial score (nSPS) is 16.5. The number of nitrogens with zero attached hydrogens (tertiary/aromatic N) is 2. The number of benzene rings is 2. The summed E-state index contributed by atoms with van der Waals surface area (Å²) in [6, 6.07) is 22.0. The Hall–Kier alpha value is -2.83. The second-order valence-electron chi connectivity index (χ2n) is 7.78. The molecule has 6 heteroatoms. The van der Waals surface area contributed by atoms with Crippen molar-refractivity contribution in [2.24, 2.45) is 0 Å². The van der Waals surface area contributed by atoms with Gasteiger partial charge in [-0.25, -0.2) is 0 Å². The number of para-hydroxylation sites is 2. The molecule has 0 saturated carbocycles. The molecule has 1 N–H and O–H groups in total. The number of hydrogen-bond donors (Lipinski definition) is 1. The lowest BCUT2D eigenvalue weighted by atomic mass is 10.0. The van der Waals surface area contributed by atoms with Gasteiger partial charge in [-0.15, -0.1) is 11.3 Å². The van der Waals surface area contributed by atoms with Gasteiger partial charge in [-0.1, -0.05) is 36.4 Å². The van der Waals surface area contributed by atoms with E-state index in [1.54, 1.807) is 18.4 Å². The Kier molecular flexibility index (Phi) is 6.89. The molecule has 2 aromatic carbocycles. The van der Waals surface area contributed by atoms with Gasteiger partial charge in [0.15, 0.2) is 0 Å². The summed E-state index contributed by atoms with van der Waals surface area (Å²) in [6.07, 6.45) is 0. The topological polar surface area (TPSA) is 44.8 Å². The highest BCUT2D eigenvalue weighted by Gasteiger charge is 2.31. The van der Waals surface area contributed by atoms with Crippen LogP contribution >= 0.6 is 11.3 Å². The van der Waals surface area contributed by atoms with Crippen molar-refractivity contribution in [3.05, 3.63) is 82.6 Å². The number of anilines is 1. The van der Waals surface area contributed by atoms with Crippen LogP contribution in [-0.4, -0.2) is 50.1 Å². The summed E-state index contributed by atoms with van der Waals surface area (Å²) in [5.41, 5.74) is 1.84. The van der Waals surface area contributed by atoms with Crippen molar-refractivity contribution in [2.45, 2.75) is 19.0 Å². The fraction of sp³-hybridized carbons (Fsp3) is 0.320. The van der Waals surface area contributed by atoms with Gasteiger partial charge in [-0.3, -0.25) is 9.69 Å². The van der Waals surface area contributed by atoms with Crippen LogP contribution in [0.15, 0.2) is 72.1 Å². The minimum atomic E-state index is -0.0256. The average Bonchev–Trinajstić information content (AvgIpc) is 3.34. The summed E-state index contributed by atoms with van der Waals surface area (Å²) in [4.78, 5) is 18.9. The number of thiophene rings is 1. The number of rotatable bonds is 7. The highest BCUT2D eigenvalue weighted by molar-refractivity contribution is 7.10. The quantitative estimate of drug-likeness (QED) is 0.596. The number of carbonyl (C=O) groups is 1. The second kappa shape index (κ2) is 9.98. The second-order valence-corrected chi connectivity index (χ2v) is 8.76. The number of piperazine rings is 1. The van der Waals surface area contributed by atoms with Crippen LogP contribution in [0.2, 0.25) is 0 Å². The number of hydrogen-bond acceptors (Lipinski definition) is 5. The van der Waals surface area contributed by atoms with Crippen LogP contribution in [0, 0.1) is 0 Å². The molecule has 0 radical (unpaired) electrons. The summed E-state index contributed by atoms with van der Waals surface area (Å²) in [5.74, 6) is 0.886. The van der Waals surface area contributed by atoms with Crippen molar-refractivity contribution < 1.29 is 9.53 Å². The molecule has 1 saturated heterocycles. The molecule has 5 nitrogen and oxygen atoms in total. The third-order valence-corrected chi connectivity index (χ3v) is 6.78. The molecule has 0 unspecified atom stereocenters. The van der Waals surface area contributed by atoms with Gasteiger partial charge in [-0.05, 0) is 42.6 Å². The van der Waals surface area contributed by atoms with Gasteiger partial charge >= 0.3 is 0 Å². The summed E-state index contributed by atoms with van der Waals surface area (Å²) < 4.78 is 5.55. The maximum Gasteiger partial charge on any atom is 0.251 e. The monoisotopic (exact) mass is 435 g/mol. The molecule has 1 aromatic heterocycles. The molecule has 3 aromatic rings. The van der Waals surface area contributed by atoms with E-state index in [9.17, 15) is 4.79 Å². The first-order valence-corrected chi connectivity index (χ1v) is 11.6. The van der Waals surface area contributed by atoms with E-state index in [0.29, 0.717) is 5.56 Å². The zero-order valence-electron chi connectivity index (χ0n) is 18.0. The molecule has 1 aliphatic rings. The Labute approximate surface area is 188 Å². The molecule has 1 aliphatic heterocycles. The first kappa shape index (κ1) is 21.4. The Morgan fingerprint density at radius 2 is 1.68 bits per heavy atom. The third-order valence-electron chi connectivity index (χ3n) is 5.84. The Balaban J connectivity index is 1.47. The van der Waals surface area contributed by atoms with E-state index in [1.165, 1.54) is 4.88 Å². The van der Waals surface area contributed by atoms with Crippen molar-refractivity contribution in [1.82, 2.24) is 10.2 Å². The minimum absolute atomic E-state index is 0.0100. The maximum absolute atomic E-state index is 12.8. The molecule has 0 aliphatic carbocycles. The Bertz CT molecular complexity index is 969. The molecule has 2 heterocycles. The average molecular weight is 436 g/mol. The number of methoxy groups -OCH3 is 1. The first-order valence-electron chi connectivity index (χ1n) is 10.7. The Morgan fingerprint density at radius 3 is 2.35 bits per heavy atom. The summed E-state index contributed by atoms with van der Waals surface area (Å²) in [5, 5.41) is 5.35. The SMILES string of the molecule is COc1ccccc1N1CCN([C@@H](c2cccs2)[C@H](C)NC(=O)c2ccccc2)CC1. The van der Waals surface area contributed by atoms with Crippen molar-refractivity contribution >= 4 is 22.9 Å². The van der Waals surface area contributed by atoms with Crippen molar-refractivity contribution in [3.63, 3.8) is 0 Å². The van der Waals surface area contributed by atoms with E-state index in [1.807, 2.05) is 42.5 Å². The van der Waals surface area contributed by atoms with Crippen molar-refractivity contribution in [2.75, 3.05) is 38.2 Å². The summed E-state index contributed by atoms with van der Waals surface area (Å²) >= 11 is 1.75. The van der Waals surface area contributed by atoms with Gasteiger partial charge in [0.05, 0.1) is 18.8 Å².